The fourth-order valence-corrected chi connectivity index (χ4v) is 0.944. The average Bonchev–Trinajstić information content (AvgIpc) is 2.25. The van der Waals surface area contributed by atoms with Crippen LogP contribution in [0, 0.1) is 0 Å². The van der Waals surface area contributed by atoms with E-state index in [1.165, 1.54) is 0 Å². The highest BCUT2D eigenvalue weighted by Crippen LogP contribution is 2.10. The number of methoxy groups -OCH3 is 2. The first-order valence-electron chi connectivity index (χ1n) is 4.25. The second-order valence-electron chi connectivity index (χ2n) is 2.63. The van der Waals surface area contributed by atoms with Crippen LogP contribution in [0.1, 0.15) is 5.56 Å². The summed E-state index contributed by atoms with van der Waals surface area (Å²) in [5, 5.41) is 3.95. The van der Waals surface area contributed by atoms with Crippen LogP contribution in [0.15, 0.2) is 29.4 Å². The number of hydrazone groups is 1. The van der Waals surface area contributed by atoms with Crippen LogP contribution >= 0.6 is 0 Å². The summed E-state index contributed by atoms with van der Waals surface area (Å²) in [5.41, 5.74) is 3.71. The lowest BCUT2D eigenvalue weighted by Gasteiger charge is -2.00. The standard InChI is InChI=1S/C10H14N2O2/c1-13-8-12-11-7-9-4-3-5-10(6-9)14-2/h3-7,12H,8H2,1-2H3/b11-7-. The summed E-state index contributed by atoms with van der Waals surface area (Å²) >= 11 is 0. The number of benzene rings is 1. The molecule has 0 aromatic heterocycles. The first-order valence-corrected chi connectivity index (χ1v) is 4.25. The molecule has 0 aliphatic rings. The van der Waals surface area contributed by atoms with Crippen molar-refractivity contribution in [3.05, 3.63) is 29.8 Å². The zero-order chi connectivity index (χ0) is 10.2. The molecule has 4 heteroatoms. The Bertz CT molecular complexity index is 300. The summed E-state index contributed by atoms with van der Waals surface area (Å²) in [5.74, 6) is 0.820. The van der Waals surface area contributed by atoms with Gasteiger partial charge in [-0.3, -0.25) is 5.43 Å². The zero-order valence-corrected chi connectivity index (χ0v) is 8.36. The van der Waals surface area contributed by atoms with Gasteiger partial charge in [-0.2, -0.15) is 5.10 Å². The second-order valence-corrected chi connectivity index (χ2v) is 2.63. The van der Waals surface area contributed by atoms with Crippen LogP contribution in [-0.4, -0.2) is 27.2 Å². The highest BCUT2D eigenvalue weighted by atomic mass is 16.5. The minimum Gasteiger partial charge on any atom is -0.497 e. The van der Waals surface area contributed by atoms with Crippen LogP contribution < -0.4 is 10.2 Å². The van der Waals surface area contributed by atoms with Gasteiger partial charge in [0.1, 0.15) is 12.5 Å². The van der Waals surface area contributed by atoms with Crippen LogP contribution in [0.25, 0.3) is 0 Å². The molecule has 0 unspecified atom stereocenters. The maximum Gasteiger partial charge on any atom is 0.131 e. The van der Waals surface area contributed by atoms with Gasteiger partial charge in [-0.25, -0.2) is 0 Å². The largest absolute Gasteiger partial charge is 0.497 e. The normalized spacial score (nSPS) is 10.4. The third-order valence-electron chi connectivity index (χ3n) is 1.61. The Labute approximate surface area is 83.5 Å². The predicted molar refractivity (Wildman–Crippen MR) is 55.6 cm³/mol. The maximum absolute atomic E-state index is 5.08. The monoisotopic (exact) mass is 194 g/mol. The molecule has 0 bridgehead atoms. The SMILES string of the molecule is COCN/N=C\c1cccc(OC)c1. The van der Waals surface area contributed by atoms with Crippen molar-refractivity contribution in [1.29, 1.82) is 0 Å². The molecule has 4 nitrogen and oxygen atoms in total. The van der Waals surface area contributed by atoms with Gasteiger partial charge < -0.3 is 9.47 Å². The molecule has 0 amide bonds. The first kappa shape index (κ1) is 10.5. The number of hydrogen-bond donors (Lipinski definition) is 1. The van der Waals surface area contributed by atoms with E-state index < -0.39 is 0 Å². The van der Waals surface area contributed by atoms with Gasteiger partial charge in [0.05, 0.1) is 13.3 Å². The van der Waals surface area contributed by atoms with E-state index in [4.69, 9.17) is 9.47 Å². The molecule has 1 aromatic carbocycles. The van der Waals surface area contributed by atoms with E-state index in [1.54, 1.807) is 20.4 Å². The second kappa shape index (κ2) is 5.99. The number of ether oxygens (including phenoxy) is 2. The molecule has 0 saturated carbocycles. The van der Waals surface area contributed by atoms with Gasteiger partial charge in [0.25, 0.3) is 0 Å². The number of nitrogens with one attached hydrogen (secondary N) is 1. The van der Waals surface area contributed by atoms with E-state index >= 15 is 0 Å². The highest BCUT2D eigenvalue weighted by Gasteiger charge is 1.91. The minimum absolute atomic E-state index is 0.403. The van der Waals surface area contributed by atoms with Crippen LogP contribution in [0.2, 0.25) is 0 Å². The van der Waals surface area contributed by atoms with Crippen LogP contribution in [0.4, 0.5) is 0 Å². The minimum atomic E-state index is 0.403. The molecule has 0 radical (unpaired) electrons. The molecule has 1 rings (SSSR count). The topological polar surface area (TPSA) is 42.8 Å². The molecule has 0 fully saturated rings. The van der Waals surface area contributed by atoms with E-state index in [-0.39, 0.29) is 0 Å². The van der Waals surface area contributed by atoms with Crippen molar-refractivity contribution in [2.75, 3.05) is 21.0 Å². The van der Waals surface area contributed by atoms with Crippen molar-refractivity contribution in [3.63, 3.8) is 0 Å². The van der Waals surface area contributed by atoms with Gasteiger partial charge in [0, 0.05) is 7.11 Å². The van der Waals surface area contributed by atoms with E-state index in [9.17, 15) is 0 Å². The van der Waals surface area contributed by atoms with Gasteiger partial charge >= 0.3 is 0 Å². The Morgan fingerprint density at radius 3 is 3.00 bits per heavy atom. The Morgan fingerprint density at radius 2 is 2.29 bits per heavy atom. The molecular weight excluding hydrogens is 180 g/mol. The van der Waals surface area contributed by atoms with Crippen molar-refractivity contribution >= 4 is 6.21 Å². The van der Waals surface area contributed by atoms with E-state index in [0.29, 0.717) is 6.73 Å². The van der Waals surface area contributed by atoms with Gasteiger partial charge in [-0.1, -0.05) is 12.1 Å². The molecule has 0 aliphatic carbocycles. The van der Waals surface area contributed by atoms with Crippen molar-refractivity contribution in [2.45, 2.75) is 0 Å². The van der Waals surface area contributed by atoms with Crippen LogP contribution in [-0.2, 0) is 4.74 Å². The fourth-order valence-electron chi connectivity index (χ4n) is 0.944. The van der Waals surface area contributed by atoms with E-state index in [0.717, 1.165) is 11.3 Å². The predicted octanol–water partition coefficient (Wildman–Crippen LogP) is 1.22. The van der Waals surface area contributed by atoms with Crippen molar-refractivity contribution in [2.24, 2.45) is 5.10 Å². The number of rotatable bonds is 5. The average molecular weight is 194 g/mol. The summed E-state index contributed by atoms with van der Waals surface area (Å²) in [4.78, 5) is 0. The molecular formula is C10H14N2O2. The summed E-state index contributed by atoms with van der Waals surface area (Å²) < 4.78 is 9.85. The van der Waals surface area contributed by atoms with Gasteiger partial charge in [0.15, 0.2) is 0 Å². The van der Waals surface area contributed by atoms with Gasteiger partial charge in [-0.05, 0) is 17.7 Å². The van der Waals surface area contributed by atoms with Crippen LogP contribution in [0.5, 0.6) is 5.75 Å². The van der Waals surface area contributed by atoms with Gasteiger partial charge in [-0.15, -0.1) is 0 Å². The lowest BCUT2D eigenvalue weighted by Crippen LogP contribution is -2.08. The maximum atomic E-state index is 5.08. The van der Waals surface area contributed by atoms with Gasteiger partial charge in [0.2, 0.25) is 0 Å². The first-order chi connectivity index (χ1) is 6.86. The third kappa shape index (κ3) is 3.45. The Balaban J connectivity index is 2.53. The molecule has 0 atom stereocenters. The molecule has 14 heavy (non-hydrogen) atoms. The Morgan fingerprint density at radius 1 is 1.43 bits per heavy atom. The Kier molecular flexibility index (Phi) is 4.50. The molecule has 1 N–H and O–H groups in total. The summed E-state index contributed by atoms with van der Waals surface area (Å²) in [6.45, 7) is 0.403. The fraction of sp³-hybridized carbons (Fsp3) is 0.300. The molecule has 0 aliphatic heterocycles. The van der Waals surface area contributed by atoms with Crippen molar-refractivity contribution in [1.82, 2.24) is 5.43 Å². The van der Waals surface area contributed by atoms with E-state index in [2.05, 4.69) is 10.5 Å². The lowest BCUT2D eigenvalue weighted by atomic mass is 10.2. The quantitative estimate of drug-likeness (QED) is 0.332. The number of hydrogen-bond acceptors (Lipinski definition) is 4. The highest BCUT2D eigenvalue weighted by molar-refractivity contribution is 5.79. The van der Waals surface area contributed by atoms with Crippen LogP contribution in [0.3, 0.4) is 0 Å². The summed E-state index contributed by atoms with van der Waals surface area (Å²) in [6.07, 6.45) is 1.71. The third-order valence-corrected chi connectivity index (χ3v) is 1.61. The zero-order valence-electron chi connectivity index (χ0n) is 8.36. The molecule has 76 valence electrons. The molecule has 0 heterocycles. The lowest BCUT2D eigenvalue weighted by molar-refractivity contribution is 0.177. The van der Waals surface area contributed by atoms with Crippen molar-refractivity contribution in [3.8, 4) is 5.75 Å². The molecule has 1 aromatic rings. The van der Waals surface area contributed by atoms with Crippen molar-refractivity contribution < 1.29 is 9.47 Å². The molecule has 0 spiro atoms. The summed E-state index contributed by atoms with van der Waals surface area (Å²) in [6, 6.07) is 7.65. The Hall–Kier alpha value is -1.55. The smallest absolute Gasteiger partial charge is 0.131 e. The van der Waals surface area contributed by atoms with E-state index in [1.807, 2.05) is 24.3 Å². The summed E-state index contributed by atoms with van der Waals surface area (Å²) in [7, 11) is 3.24. The molecule has 0 saturated heterocycles. The number of nitrogens with zero attached hydrogens (tertiary/aromatic N) is 1.